The lowest BCUT2D eigenvalue weighted by atomic mass is 9.98. The minimum atomic E-state index is 0.0481. The molecule has 2 rings (SSSR count). The largest absolute Gasteiger partial charge is 0.342 e. The van der Waals surface area contributed by atoms with Gasteiger partial charge in [-0.2, -0.15) is 0 Å². The van der Waals surface area contributed by atoms with Crippen LogP contribution in [0, 0.1) is 11.8 Å². The van der Waals surface area contributed by atoms with Crippen molar-refractivity contribution in [2.24, 2.45) is 11.8 Å². The number of ketones is 1. The SMILES string of the molecule is CC1CN(C(=O)CC2CC2)CCC1=O. The number of carbonyl (C=O) groups is 2. The second-order valence-electron chi connectivity index (χ2n) is 4.60. The Bertz CT molecular complexity index is 258. The zero-order valence-corrected chi connectivity index (χ0v) is 8.66. The predicted octanol–water partition coefficient (Wildman–Crippen LogP) is 1.22. The van der Waals surface area contributed by atoms with E-state index in [1.165, 1.54) is 12.8 Å². The van der Waals surface area contributed by atoms with Gasteiger partial charge in [-0.15, -0.1) is 0 Å². The molecule has 0 N–H and O–H groups in total. The topological polar surface area (TPSA) is 37.4 Å². The molecule has 2 fully saturated rings. The van der Waals surface area contributed by atoms with Crippen molar-refractivity contribution in [1.29, 1.82) is 0 Å². The Labute approximate surface area is 84.5 Å². The summed E-state index contributed by atoms with van der Waals surface area (Å²) in [5.74, 6) is 1.26. The van der Waals surface area contributed by atoms with Crippen molar-refractivity contribution in [3.8, 4) is 0 Å². The van der Waals surface area contributed by atoms with E-state index in [9.17, 15) is 9.59 Å². The van der Waals surface area contributed by atoms with Gasteiger partial charge in [0.2, 0.25) is 5.91 Å². The lowest BCUT2D eigenvalue weighted by Crippen LogP contribution is -2.43. The van der Waals surface area contributed by atoms with E-state index >= 15 is 0 Å². The molecule has 0 aromatic rings. The molecular formula is C11H17NO2. The van der Waals surface area contributed by atoms with Crippen LogP contribution in [0.4, 0.5) is 0 Å². The van der Waals surface area contributed by atoms with Crippen molar-refractivity contribution in [3.05, 3.63) is 0 Å². The first-order valence-electron chi connectivity index (χ1n) is 5.47. The van der Waals surface area contributed by atoms with Gasteiger partial charge in [-0.25, -0.2) is 0 Å². The highest BCUT2D eigenvalue weighted by atomic mass is 16.2. The third-order valence-corrected chi connectivity index (χ3v) is 3.18. The summed E-state index contributed by atoms with van der Waals surface area (Å²) in [7, 11) is 0. The molecule has 0 bridgehead atoms. The normalized spacial score (nSPS) is 27.9. The highest BCUT2D eigenvalue weighted by molar-refractivity contribution is 5.85. The van der Waals surface area contributed by atoms with Crippen LogP contribution >= 0.6 is 0 Å². The fraction of sp³-hybridized carbons (Fsp3) is 0.818. The molecule has 0 radical (unpaired) electrons. The van der Waals surface area contributed by atoms with Crippen LogP contribution in [0.15, 0.2) is 0 Å². The third-order valence-electron chi connectivity index (χ3n) is 3.18. The van der Waals surface area contributed by atoms with Gasteiger partial charge in [0.25, 0.3) is 0 Å². The Morgan fingerprint density at radius 3 is 2.79 bits per heavy atom. The highest BCUT2D eigenvalue weighted by Gasteiger charge is 2.30. The summed E-state index contributed by atoms with van der Waals surface area (Å²) in [4.78, 5) is 24.8. The quantitative estimate of drug-likeness (QED) is 0.664. The Kier molecular flexibility index (Phi) is 2.57. The van der Waals surface area contributed by atoms with Gasteiger partial charge in [0.05, 0.1) is 0 Å². The molecule has 1 heterocycles. The molecule has 78 valence electrons. The van der Waals surface area contributed by atoms with Gasteiger partial charge in [0.15, 0.2) is 0 Å². The van der Waals surface area contributed by atoms with Crippen LogP contribution < -0.4 is 0 Å². The third kappa shape index (κ3) is 2.14. The second-order valence-corrected chi connectivity index (χ2v) is 4.60. The molecule has 1 atom stereocenters. The van der Waals surface area contributed by atoms with Crippen molar-refractivity contribution >= 4 is 11.7 Å². The highest BCUT2D eigenvalue weighted by Crippen LogP contribution is 2.33. The van der Waals surface area contributed by atoms with Crippen molar-refractivity contribution in [2.45, 2.75) is 32.6 Å². The molecule has 1 amide bonds. The smallest absolute Gasteiger partial charge is 0.222 e. The fourth-order valence-corrected chi connectivity index (χ4v) is 1.94. The van der Waals surface area contributed by atoms with Gasteiger partial charge in [-0.05, 0) is 18.8 Å². The standard InChI is InChI=1S/C11H17NO2/c1-8-7-12(5-4-10(8)13)11(14)6-9-2-3-9/h8-9H,2-7H2,1H3. The van der Waals surface area contributed by atoms with Crippen LogP contribution in [0.25, 0.3) is 0 Å². The zero-order chi connectivity index (χ0) is 10.1. The molecule has 1 unspecified atom stereocenters. The van der Waals surface area contributed by atoms with E-state index in [4.69, 9.17) is 0 Å². The van der Waals surface area contributed by atoms with E-state index in [-0.39, 0.29) is 11.8 Å². The summed E-state index contributed by atoms with van der Waals surface area (Å²) in [6, 6.07) is 0. The average Bonchev–Trinajstić information content (AvgIpc) is 2.93. The Morgan fingerprint density at radius 2 is 2.21 bits per heavy atom. The number of rotatable bonds is 2. The maximum absolute atomic E-state index is 11.7. The summed E-state index contributed by atoms with van der Waals surface area (Å²) in [5, 5.41) is 0. The maximum Gasteiger partial charge on any atom is 0.222 e. The fourth-order valence-electron chi connectivity index (χ4n) is 1.94. The molecule has 2 aliphatic rings. The van der Waals surface area contributed by atoms with Gasteiger partial charge in [-0.1, -0.05) is 6.92 Å². The van der Waals surface area contributed by atoms with E-state index < -0.39 is 0 Å². The minimum Gasteiger partial charge on any atom is -0.342 e. The zero-order valence-electron chi connectivity index (χ0n) is 8.66. The monoisotopic (exact) mass is 195 g/mol. The molecule has 1 saturated carbocycles. The van der Waals surface area contributed by atoms with Crippen molar-refractivity contribution in [2.75, 3.05) is 13.1 Å². The molecule has 1 aliphatic heterocycles. The Balaban J connectivity index is 1.84. The van der Waals surface area contributed by atoms with Crippen molar-refractivity contribution < 1.29 is 9.59 Å². The van der Waals surface area contributed by atoms with E-state index in [1.54, 1.807) is 0 Å². The van der Waals surface area contributed by atoms with Gasteiger partial charge in [0, 0.05) is 31.8 Å². The lowest BCUT2D eigenvalue weighted by molar-refractivity contribution is -0.137. The molecular weight excluding hydrogens is 178 g/mol. The first kappa shape index (κ1) is 9.69. The van der Waals surface area contributed by atoms with Gasteiger partial charge < -0.3 is 4.90 Å². The Morgan fingerprint density at radius 1 is 1.50 bits per heavy atom. The van der Waals surface area contributed by atoms with E-state index in [1.807, 2.05) is 11.8 Å². The van der Waals surface area contributed by atoms with Crippen LogP contribution in [0.1, 0.15) is 32.6 Å². The number of amides is 1. The molecule has 1 aliphatic carbocycles. The Hall–Kier alpha value is -0.860. The molecule has 14 heavy (non-hydrogen) atoms. The molecule has 0 aromatic heterocycles. The van der Waals surface area contributed by atoms with Crippen molar-refractivity contribution in [3.63, 3.8) is 0 Å². The first-order chi connectivity index (χ1) is 6.66. The van der Waals surface area contributed by atoms with E-state index in [0.717, 1.165) is 0 Å². The summed E-state index contributed by atoms with van der Waals surface area (Å²) >= 11 is 0. The number of carbonyl (C=O) groups excluding carboxylic acids is 2. The summed E-state index contributed by atoms with van der Waals surface area (Å²) < 4.78 is 0. The van der Waals surface area contributed by atoms with E-state index in [0.29, 0.717) is 37.6 Å². The average molecular weight is 195 g/mol. The molecule has 0 aromatic carbocycles. The van der Waals surface area contributed by atoms with Gasteiger partial charge >= 0.3 is 0 Å². The molecule has 3 heteroatoms. The van der Waals surface area contributed by atoms with Crippen LogP contribution in [-0.4, -0.2) is 29.7 Å². The van der Waals surface area contributed by atoms with Crippen LogP contribution in [0.3, 0.4) is 0 Å². The molecule has 1 saturated heterocycles. The second kappa shape index (κ2) is 3.71. The van der Waals surface area contributed by atoms with Gasteiger partial charge in [-0.3, -0.25) is 9.59 Å². The molecule has 0 spiro atoms. The van der Waals surface area contributed by atoms with Crippen LogP contribution in [0.5, 0.6) is 0 Å². The maximum atomic E-state index is 11.7. The van der Waals surface area contributed by atoms with Crippen molar-refractivity contribution in [1.82, 2.24) is 4.90 Å². The molecule has 3 nitrogen and oxygen atoms in total. The summed E-state index contributed by atoms with van der Waals surface area (Å²) in [6.07, 6.45) is 3.70. The van der Waals surface area contributed by atoms with Gasteiger partial charge in [0.1, 0.15) is 5.78 Å². The minimum absolute atomic E-state index is 0.0481. The lowest BCUT2D eigenvalue weighted by Gasteiger charge is -2.30. The number of nitrogens with zero attached hydrogens (tertiary/aromatic N) is 1. The summed E-state index contributed by atoms with van der Waals surface area (Å²) in [5.41, 5.74) is 0. The van der Waals surface area contributed by atoms with E-state index in [2.05, 4.69) is 0 Å². The number of Topliss-reactive ketones (excluding diaryl/α,β-unsaturated/α-hetero) is 1. The number of likely N-dealkylation sites (tertiary alicyclic amines) is 1. The predicted molar refractivity (Wildman–Crippen MR) is 52.7 cm³/mol. The number of hydrogen-bond donors (Lipinski definition) is 0. The summed E-state index contributed by atoms with van der Waals surface area (Å²) in [6.45, 7) is 3.21. The van der Waals surface area contributed by atoms with Crippen LogP contribution in [-0.2, 0) is 9.59 Å². The first-order valence-corrected chi connectivity index (χ1v) is 5.47. The number of piperidine rings is 1. The van der Waals surface area contributed by atoms with Crippen LogP contribution in [0.2, 0.25) is 0 Å². The number of hydrogen-bond acceptors (Lipinski definition) is 2.